The summed E-state index contributed by atoms with van der Waals surface area (Å²) < 4.78 is 12.9. The van der Waals surface area contributed by atoms with Crippen LogP contribution in [0.15, 0.2) is 43.0 Å². The third-order valence-corrected chi connectivity index (χ3v) is 7.17. The highest BCUT2D eigenvalue weighted by atomic mass is 35.5. The van der Waals surface area contributed by atoms with Crippen LogP contribution in [0.25, 0.3) is 11.1 Å². The minimum atomic E-state index is -0.785. The zero-order chi connectivity index (χ0) is 22.8. The van der Waals surface area contributed by atoms with Gasteiger partial charge in [0.05, 0.1) is 24.9 Å². The number of rotatable bonds is 5. The first-order chi connectivity index (χ1) is 15.9. The smallest absolute Gasteiger partial charge is 0.316 e. The number of aliphatic hydroxyl groups is 1. The van der Waals surface area contributed by atoms with E-state index in [0.29, 0.717) is 22.3 Å². The van der Waals surface area contributed by atoms with Gasteiger partial charge in [-0.2, -0.15) is 5.10 Å². The summed E-state index contributed by atoms with van der Waals surface area (Å²) in [6.07, 6.45) is 8.35. The van der Waals surface area contributed by atoms with E-state index in [1.807, 2.05) is 10.9 Å². The van der Waals surface area contributed by atoms with Crippen LogP contribution >= 0.6 is 11.6 Å². The first kappa shape index (κ1) is 20.4. The molecule has 0 radical (unpaired) electrons. The zero-order valence-electron chi connectivity index (χ0n) is 17.9. The maximum atomic E-state index is 12.9. The van der Waals surface area contributed by atoms with Crippen molar-refractivity contribution in [2.24, 2.45) is 0 Å². The Labute approximate surface area is 194 Å². The second-order valence-electron chi connectivity index (χ2n) is 9.20. The summed E-state index contributed by atoms with van der Waals surface area (Å²) in [5.74, 6) is 0.304. The molecule has 170 valence electrons. The number of aliphatic hydroxyl groups excluding tert-OH is 1. The zero-order valence-corrected chi connectivity index (χ0v) is 18.6. The lowest BCUT2D eigenvalue weighted by atomic mass is 9.44. The lowest BCUT2D eigenvalue weighted by molar-refractivity contribution is -0.164. The van der Waals surface area contributed by atoms with Gasteiger partial charge in [-0.3, -0.25) is 9.48 Å². The summed E-state index contributed by atoms with van der Waals surface area (Å²) in [7, 11) is 1.53. The van der Waals surface area contributed by atoms with Crippen molar-refractivity contribution >= 4 is 17.5 Å². The SMILES string of the molecule is COc1ncc(-c2cnn(C34CC(NC(=O)[C@H]5C[C@@H](O)c6cc(Cl)ccc6O5)(C3)C4)c2)cn1. The topological polar surface area (TPSA) is 111 Å². The summed E-state index contributed by atoms with van der Waals surface area (Å²) in [4.78, 5) is 21.2. The molecule has 1 aromatic carbocycles. The van der Waals surface area contributed by atoms with Gasteiger partial charge in [-0.15, -0.1) is 0 Å². The van der Waals surface area contributed by atoms with Gasteiger partial charge < -0.3 is 19.9 Å². The molecule has 0 spiro atoms. The Kier molecular flexibility index (Phi) is 4.44. The van der Waals surface area contributed by atoms with E-state index in [1.54, 1.807) is 36.8 Å². The fourth-order valence-corrected chi connectivity index (χ4v) is 5.51. The van der Waals surface area contributed by atoms with E-state index < -0.39 is 12.2 Å². The van der Waals surface area contributed by atoms with Crippen LogP contribution < -0.4 is 14.8 Å². The molecule has 0 saturated heterocycles. The number of benzene rings is 1. The Morgan fingerprint density at radius 3 is 2.73 bits per heavy atom. The molecule has 2 atom stereocenters. The molecule has 1 aliphatic heterocycles. The molecule has 33 heavy (non-hydrogen) atoms. The van der Waals surface area contributed by atoms with Gasteiger partial charge in [-0.1, -0.05) is 11.6 Å². The number of nitrogens with one attached hydrogen (secondary N) is 1. The first-order valence-corrected chi connectivity index (χ1v) is 11.1. The lowest BCUT2D eigenvalue weighted by Gasteiger charge is -2.70. The van der Waals surface area contributed by atoms with E-state index in [1.165, 1.54) is 7.11 Å². The van der Waals surface area contributed by atoms with Gasteiger partial charge in [-0.05, 0) is 37.5 Å². The molecule has 3 aliphatic carbocycles. The molecule has 0 unspecified atom stereocenters. The predicted octanol–water partition coefficient (Wildman–Crippen LogP) is 2.63. The van der Waals surface area contributed by atoms with Gasteiger partial charge >= 0.3 is 6.01 Å². The molecule has 10 heteroatoms. The van der Waals surface area contributed by atoms with Crippen molar-refractivity contribution in [2.75, 3.05) is 7.11 Å². The monoisotopic (exact) mass is 467 g/mol. The Morgan fingerprint density at radius 2 is 2.00 bits per heavy atom. The predicted molar refractivity (Wildman–Crippen MR) is 118 cm³/mol. The molecule has 2 N–H and O–H groups in total. The van der Waals surface area contributed by atoms with Crippen LogP contribution in [0.4, 0.5) is 0 Å². The van der Waals surface area contributed by atoms with Gasteiger partial charge in [0.15, 0.2) is 6.10 Å². The van der Waals surface area contributed by atoms with Gasteiger partial charge in [-0.25, -0.2) is 9.97 Å². The van der Waals surface area contributed by atoms with Crippen LogP contribution in [0, 0.1) is 0 Å². The van der Waals surface area contributed by atoms with Crippen LogP contribution in [0.2, 0.25) is 5.02 Å². The van der Waals surface area contributed by atoms with Crippen molar-refractivity contribution < 1.29 is 19.4 Å². The highest BCUT2D eigenvalue weighted by Crippen LogP contribution is 2.65. The highest BCUT2D eigenvalue weighted by molar-refractivity contribution is 6.30. The van der Waals surface area contributed by atoms with Gasteiger partial charge in [0.1, 0.15) is 5.75 Å². The molecule has 9 nitrogen and oxygen atoms in total. The molecule has 4 aliphatic rings. The van der Waals surface area contributed by atoms with Gasteiger partial charge in [0.25, 0.3) is 5.91 Å². The average molecular weight is 468 g/mol. The van der Waals surface area contributed by atoms with Crippen LogP contribution in [-0.4, -0.2) is 49.5 Å². The maximum Gasteiger partial charge on any atom is 0.316 e. The summed E-state index contributed by atoms with van der Waals surface area (Å²) in [6.45, 7) is 0. The Morgan fingerprint density at radius 1 is 1.24 bits per heavy atom. The van der Waals surface area contributed by atoms with E-state index in [-0.39, 0.29) is 23.4 Å². The minimum Gasteiger partial charge on any atom is -0.480 e. The summed E-state index contributed by atoms with van der Waals surface area (Å²) in [6, 6.07) is 5.38. The second-order valence-corrected chi connectivity index (χ2v) is 9.63. The van der Waals surface area contributed by atoms with Crippen LogP contribution in [0.1, 0.15) is 37.4 Å². The Balaban J connectivity index is 1.09. The molecule has 2 bridgehead atoms. The van der Waals surface area contributed by atoms with Crippen LogP contribution in [0.3, 0.4) is 0 Å². The van der Waals surface area contributed by atoms with E-state index in [4.69, 9.17) is 21.1 Å². The number of halogens is 1. The number of hydrogen-bond acceptors (Lipinski definition) is 7. The number of carbonyl (C=O) groups is 1. The third-order valence-electron chi connectivity index (χ3n) is 6.93. The van der Waals surface area contributed by atoms with Crippen molar-refractivity contribution in [3.8, 4) is 22.9 Å². The van der Waals surface area contributed by atoms with E-state index >= 15 is 0 Å². The van der Waals surface area contributed by atoms with E-state index in [9.17, 15) is 9.90 Å². The molecule has 3 fully saturated rings. The van der Waals surface area contributed by atoms with Crippen molar-refractivity contribution in [3.63, 3.8) is 0 Å². The fourth-order valence-electron chi connectivity index (χ4n) is 5.33. The minimum absolute atomic E-state index is 0.0743. The average Bonchev–Trinajstić information content (AvgIpc) is 3.25. The van der Waals surface area contributed by atoms with E-state index in [2.05, 4.69) is 20.4 Å². The first-order valence-electron chi connectivity index (χ1n) is 10.8. The number of hydrogen-bond donors (Lipinski definition) is 2. The van der Waals surface area contributed by atoms with E-state index in [0.717, 1.165) is 30.4 Å². The second kappa shape index (κ2) is 7.16. The molecule has 7 rings (SSSR count). The van der Waals surface area contributed by atoms with Crippen molar-refractivity contribution in [2.45, 2.75) is 49.0 Å². The Hall–Kier alpha value is -3.17. The van der Waals surface area contributed by atoms with Crippen LogP contribution in [-0.2, 0) is 10.3 Å². The number of amides is 1. The van der Waals surface area contributed by atoms with Gasteiger partial charge in [0.2, 0.25) is 0 Å². The fraction of sp³-hybridized carbons (Fsp3) is 0.391. The number of methoxy groups -OCH3 is 1. The number of nitrogens with zero attached hydrogens (tertiary/aromatic N) is 4. The van der Waals surface area contributed by atoms with Crippen molar-refractivity contribution in [1.82, 2.24) is 25.1 Å². The van der Waals surface area contributed by atoms with Crippen molar-refractivity contribution in [3.05, 3.63) is 53.6 Å². The standard InChI is InChI=1S/C23H22ClN5O4/c1-32-21-25-6-13(7-26-21)14-8-27-29(9-14)23-10-22(11-23,12-23)28-20(31)19-5-17(30)16-4-15(24)2-3-18(16)33-19/h2-4,6-9,17,19,30H,5,10-12H2,1H3,(H,28,31)/t17-,19-,22?,23?/m1/s1. The number of carbonyl (C=O) groups excluding carboxylic acids is 1. The van der Waals surface area contributed by atoms with Crippen LogP contribution in [0.5, 0.6) is 11.8 Å². The molecule has 1 amide bonds. The normalized spacial score (nSPS) is 29.2. The Bertz CT molecular complexity index is 1220. The molecular formula is C23H22ClN5O4. The molecule has 3 aromatic rings. The number of aromatic nitrogens is 4. The summed E-state index contributed by atoms with van der Waals surface area (Å²) in [5.41, 5.74) is 2.11. The number of ether oxygens (including phenoxy) is 2. The molecule has 3 saturated carbocycles. The highest BCUT2D eigenvalue weighted by Gasteiger charge is 2.70. The molecular weight excluding hydrogens is 446 g/mol. The molecule has 3 heterocycles. The summed E-state index contributed by atoms with van der Waals surface area (Å²) in [5, 5.41) is 18.7. The summed E-state index contributed by atoms with van der Waals surface area (Å²) >= 11 is 6.01. The number of fused-ring (bicyclic) bond motifs is 1. The molecule has 2 aromatic heterocycles. The maximum absolute atomic E-state index is 12.9. The largest absolute Gasteiger partial charge is 0.480 e. The quantitative estimate of drug-likeness (QED) is 0.593. The van der Waals surface area contributed by atoms with Crippen molar-refractivity contribution in [1.29, 1.82) is 0 Å². The lowest BCUT2D eigenvalue weighted by Crippen LogP contribution is -2.79. The third kappa shape index (κ3) is 3.26. The van der Waals surface area contributed by atoms with Gasteiger partial charge in [0, 0.05) is 52.3 Å².